The van der Waals surface area contributed by atoms with Gasteiger partial charge >= 0.3 is 0 Å². The quantitative estimate of drug-likeness (QED) is 0.698. The summed E-state index contributed by atoms with van der Waals surface area (Å²) in [6, 6.07) is 5.61. The van der Waals surface area contributed by atoms with Gasteiger partial charge in [-0.3, -0.25) is 4.79 Å². The van der Waals surface area contributed by atoms with Gasteiger partial charge < -0.3 is 14.5 Å². The van der Waals surface area contributed by atoms with E-state index in [4.69, 9.17) is 16.3 Å². The lowest BCUT2D eigenvalue weighted by Crippen LogP contribution is -2.48. The van der Waals surface area contributed by atoms with Gasteiger partial charge in [0.1, 0.15) is 5.75 Å². The average molecular weight is 394 g/mol. The highest BCUT2D eigenvalue weighted by atomic mass is 35.5. The molecule has 0 N–H and O–H groups in total. The number of carbonyl (C=O) groups excluding carboxylic acids is 1. The van der Waals surface area contributed by atoms with Crippen molar-refractivity contribution in [2.75, 3.05) is 37.7 Å². The number of nitrogens with zero attached hydrogens (tertiary/aromatic N) is 3. The summed E-state index contributed by atoms with van der Waals surface area (Å²) >= 11 is 7.68. The van der Waals surface area contributed by atoms with Crippen molar-refractivity contribution in [3.8, 4) is 5.75 Å². The number of carbonyl (C=O) groups is 1. The van der Waals surface area contributed by atoms with E-state index in [0.29, 0.717) is 19.4 Å². The van der Waals surface area contributed by atoms with Gasteiger partial charge in [-0.05, 0) is 44.0 Å². The first-order valence-electron chi connectivity index (χ1n) is 8.87. The maximum atomic E-state index is 12.4. The SMILES string of the molecule is Cc1csc(N2CCN(C(=O)CCCOc3ccc(Cl)c(C)c3)CC2)n1. The summed E-state index contributed by atoms with van der Waals surface area (Å²) in [5.74, 6) is 1.00. The smallest absolute Gasteiger partial charge is 0.222 e. The number of ether oxygens (including phenoxy) is 1. The third-order valence-electron chi connectivity index (χ3n) is 4.44. The fourth-order valence-electron chi connectivity index (χ4n) is 2.91. The Labute approximate surface area is 163 Å². The van der Waals surface area contributed by atoms with E-state index in [9.17, 15) is 4.79 Å². The number of rotatable bonds is 6. The zero-order valence-corrected chi connectivity index (χ0v) is 16.8. The number of aromatic nitrogens is 1. The van der Waals surface area contributed by atoms with Gasteiger partial charge in [0.05, 0.1) is 12.3 Å². The van der Waals surface area contributed by atoms with E-state index in [1.807, 2.05) is 36.9 Å². The van der Waals surface area contributed by atoms with Crippen LogP contribution in [0.15, 0.2) is 23.6 Å². The van der Waals surface area contributed by atoms with E-state index < -0.39 is 0 Å². The molecule has 2 aromatic rings. The summed E-state index contributed by atoms with van der Waals surface area (Å²) in [4.78, 5) is 21.1. The van der Waals surface area contributed by atoms with E-state index in [1.165, 1.54) is 0 Å². The molecular weight excluding hydrogens is 370 g/mol. The Morgan fingerprint density at radius 2 is 2.04 bits per heavy atom. The van der Waals surface area contributed by atoms with Gasteiger partial charge in [0.2, 0.25) is 5.91 Å². The molecule has 1 aromatic heterocycles. The third kappa shape index (κ3) is 4.89. The van der Waals surface area contributed by atoms with Crippen LogP contribution in [0.4, 0.5) is 5.13 Å². The molecule has 3 rings (SSSR count). The third-order valence-corrected chi connectivity index (χ3v) is 5.89. The molecule has 5 nitrogen and oxygen atoms in total. The lowest BCUT2D eigenvalue weighted by atomic mass is 10.2. The maximum Gasteiger partial charge on any atom is 0.222 e. The Hall–Kier alpha value is -1.79. The Balaban J connectivity index is 1.37. The zero-order valence-electron chi connectivity index (χ0n) is 15.2. The molecule has 0 aliphatic carbocycles. The number of amides is 1. The summed E-state index contributed by atoms with van der Waals surface area (Å²) in [7, 11) is 0. The Kier molecular flexibility index (Phi) is 6.38. The molecule has 1 aliphatic heterocycles. The molecule has 0 radical (unpaired) electrons. The molecule has 0 spiro atoms. The fraction of sp³-hybridized carbons (Fsp3) is 0.474. The second-order valence-corrected chi connectivity index (χ2v) is 7.75. The van der Waals surface area contributed by atoms with Gasteiger partial charge in [0, 0.05) is 43.0 Å². The molecule has 1 fully saturated rings. The molecule has 26 heavy (non-hydrogen) atoms. The van der Waals surface area contributed by atoms with E-state index in [2.05, 4.69) is 15.3 Å². The van der Waals surface area contributed by atoms with Crippen LogP contribution in [0.2, 0.25) is 5.02 Å². The van der Waals surface area contributed by atoms with Crippen molar-refractivity contribution in [1.82, 2.24) is 9.88 Å². The lowest BCUT2D eigenvalue weighted by molar-refractivity contribution is -0.131. The number of piperazine rings is 1. The molecule has 1 aromatic carbocycles. The average Bonchev–Trinajstić information content (AvgIpc) is 3.08. The number of benzene rings is 1. The van der Waals surface area contributed by atoms with Crippen molar-refractivity contribution in [3.05, 3.63) is 39.9 Å². The maximum absolute atomic E-state index is 12.4. The van der Waals surface area contributed by atoms with Gasteiger partial charge in [-0.2, -0.15) is 0 Å². The van der Waals surface area contributed by atoms with Crippen molar-refractivity contribution in [1.29, 1.82) is 0 Å². The molecule has 1 amide bonds. The van der Waals surface area contributed by atoms with Crippen LogP contribution in [0, 0.1) is 13.8 Å². The van der Waals surface area contributed by atoms with Crippen LogP contribution in [0.25, 0.3) is 0 Å². The molecule has 1 saturated heterocycles. The number of anilines is 1. The molecule has 7 heteroatoms. The van der Waals surface area contributed by atoms with Crippen LogP contribution in [0.5, 0.6) is 5.75 Å². The van der Waals surface area contributed by atoms with Crippen LogP contribution in [-0.2, 0) is 4.79 Å². The molecule has 0 unspecified atom stereocenters. The monoisotopic (exact) mass is 393 g/mol. The van der Waals surface area contributed by atoms with E-state index in [-0.39, 0.29) is 5.91 Å². The highest BCUT2D eigenvalue weighted by Crippen LogP contribution is 2.22. The Bertz CT molecular complexity index is 757. The van der Waals surface area contributed by atoms with Crippen molar-refractivity contribution in [3.63, 3.8) is 0 Å². The van der Waals surface area contributed by atoms with Crippen LogP contribution < -0.4 is 9.64 Å². The van der Waals surface area contributed by atoms with Crippen molar-refractivity contribution in [2.45, 2.75) is 26.7 Å². The first kappa shape index (κ1) is 19.0. The van der Waals surface area contributed by atoms with Crippen molar-refractivity contribution < 1.29 is 9.53 Å². The minimum Gasteiger partial charge on any atom is -0.494 e. The number of halogens is 1. The lowest BCUT2D eigenvalue weighted by Gasteiger charge is -2.34. The van der Waals surface area contributed by atoms with Crippen LogP contribution in [0.1, 0.15) is 24.1 Å². The minimum atomic E-state index is 0.204. The molecule has 0 atom stereocenters. The first-order chi connectivity index (χ1) is 12.5. The van der Waals surface area contributed by atoms with Crippen LogP contribution in [-0.4, -0.2) is 48.6 Å². The number of thiazole rings is 1. The topological polar surface area (TPSA) is 45.7 Å². The first-order valence-corrected chi connectivity index (χ1v) is 10.1. The summed E-state index contributed by atoms with van der Waals surface area (Å²) < 4.78 is 5.71. The van der Waals surface area contributed by atoms with Crippen LogP contribution in [0.3, 0.4) is 0 Å². The fourth-order valence-corrected chi connectivity index (χ4v) is 3.89. The number of hydrogen-bond donors (Lipinski definition) is 0. The summed E-state index contributed by atoms with van der Waals surface area (Å²) in [6.45, 7) is 7.70. The molecule has 140 valence electrons. The summed E-state index contributed by atoms with van der Waals surface area (Å²) in [5.41, 5.74) is 2.05. The molecule has 2 heterocycles. The number of hydrogen-bond acceptors (Lipinski definition) is 5. The second kappa shape index (κ2) is 8.73. The number of aryl methyl sites for hydroxylation is 2. The van der Waals surface area contributed by atoms with Gasteiger partial charge in [-0.15, -0.1) is 11.3 Å². The standard InChI is InChI=1S/C19H24ClN3O2S/c1-14-12-16(5-6-17(14)20)25-11-3-4-18(24)22-7-9-23(10-8-22)19-21-15(2)13-26-19/h5-6,12-13H,3-4,7-11H2,1-2H3. The highest BCUT2D eigenvalue weighted by Gasteiger charge is 2.22. The van der Waals surface area contributed by atoms with Gasteiger partial charge in [0.15, 0.2) is 5.13 Å². The predicted octanol–water partition coefficient (Wildman–Crippen LogP) is 3.92. The molecule has 1 aliphatic rings. The summed E-state index contributed by atoms with van der Waals surface area (Å²) in [6.07, 6.45) is 1.23. The van der Waals surface area contributed by atoms with Crippen molar-refractivity contribution in [2.24, 2.45) is 0 Å². The Morgan fingerprint density at radius 3 is 2.69 bits per heavy atom. The van der Waals surface area contributed by atoms with E-state index in [0.717, 1.165) is 53.3 Å². The predicted molar refractivity (Wildman–Crippen MR) is 107 cm³/mol. The largest absolute Gasteiger partial charge is 0.494 e. The molecular formula is C19H24ClN3O2S. The van der Waals surface area contributed by atoms with E-state index in [1.54, 1.807) is 11.3 Å². The van der Waals surface area contributed by atoms with Gasteiger partial charge in [0.25, 0.3) is 0 Å². The molecule has 0 saturated carbocycles. The van der Waals surface area contributed by atoms with Crippen molar-refractivity contribution >= 4 is 34.0 Å². The van der Waals surface area contributed by atoms with Gasteiger partial charge in [-0.25, -0.2) is 4.98 Å². The minimum absolute atomic E-state index is 0.204. The summed E-state index contributed by atoms with van der Waals surface area (Å²) in [5, 5.41) is 3.86. The van der Waals surface area contributed by atoms with E-state index >= 15 is 0 Å². The van der Waals surface area contributed by atoms with Crippen LogP contribution >= 0.6 is 22.9 Å². The zero-order chi connectivity index (χ0) is 18.5. The van der Waals surface area contributed by atoms with Gasteiger partial charge in [-0.1, -0.05) is 11.6 Å². The normalized spacial score (nSPS) is 14.6. The Morgan fingerprint density at radius 1 is 1.27 bits per heavy atom. The second-order valence-electron chi connectivity index (χ2n) is 6.50. The highest BCUT2D eigenvalue weighted by molar-refractivity contribution is 7.13. The molecule has 0 bridgehead atoms.